The lowest BCUT2D eigenvalue weighted by Gasteiger charge is -2.15. The van der Waals surface area contributed by atoms with Crippen LogP contribution in [-0.4, -0.2) is 19.5 Å². The molecule has 1 atom stereocenters. The third-order valence-corrected chi connectivity index (χ3v) is 3.78. The smallest absolute Gasteiger partial charge is 0.326 e. The van der Waals surface area contributed by atoms with Gasteiger partial charge in [0.15, 0.2) is 6.54 Å². The predicted molar refractivity (Wildman–Crippen MR) is 87.0 cm³/mol. The molecule has 2 aromatic carbocycles. The van der Waals surface area contributed by atoms with Crippen molar-refractivity contribution in [1.29, 1.82) is 0 Å². The van der Waals surface area contributed by atoms with Gasteiger partial charge in [0.05, 0.1) is 12.6 Å². The number of anilines is 1. The summed E-state index contributed by atoms with van der Waals surface area (Å²) >= 11 is 6.08. The molecule has 0 aliphatic carbocycles. The minimum Gasteiger partial charge on any atom is -0.326 e. The van der Waals surface area contributed by atoms with E-state index in [0.29, 0.717) is 17.3 Å². The number of carbonyl (C=O) groups excluding carboxylic acids is 1. The fourth-order valence-corrected chi connectivity index (χ4v) is 2.45. The molecule has 0 saturated heterocycles. The van der Waals surface area contributed by atoms with E-state index in [-0.39, 0.29) is 12.5 Å². The van der Waals surface area contributed by atoms with Gasteiger partial charge in [-0.3, -0.25) is 4.79 Å². The number of halogens is 4. The average Bonchev–Trinajstić information content (AvgIpc) is 2.49. The number of amides is 1. The van der Waals surface area contributed by atoms with E-state index in [1.54, 1.807) is 6.07 Å². The highest BCUT2D eigenvalue weighted by Crippen LogP contribution is 2.29. The Balaban J connectivity index is 1.90. The molecule has 0 radical (unpaired) electrons. The van der Waals surface area contributed by atoms with Crippen molar-refractivity contribution in [3.8, 4) is 0 Å². The number of rotatable bonds is 5. The zero-order chi connectivity index (χ0) is 17.7. The molecule has 128 valence electrons. The first-order valence-electron chi connectivity index (χ1n) is 7.27. The Hall–Kier alpha value is -2.05. The SMILES string of the molecule is C[NH+](CC(=O)Nc1ccc(C(F)(F)F)cc1)Cc1ccccc1Cl. The second-order valence-electron chi connectivity index (χ2n) is 5.53. The number of hydrogen-bond acceptors (Lipinski definition) is 1. The van der Waals surface area contributed by atoms with Crippen molar-refractivity contribution in [2.45, 2.75) is 12.7 Å². The van der Waals surface area contributed by atoms with Crippen LogP contribution in [0.2, 0.25) is 5.02 Å². The van der Waals surface area contributed by atoms with E-state index in [1.807, 2.05) is 25.2 Å². The zero-order valence-corrected chi connectivity index (χ0v) is 13.7. The Labute approximate surface area is 143 Å². The minimum absolute atomic E-state index is 0.173. The van der Waals surface area contributed by atoms with Crippen molar-refractivity contribution in [3.05, 3.63) is 64.7 Å². The lowest BCUT2D eigenvalue weighted by atomic mass is 10.2. The van der Waals surface area contributed by atoms with Crippen molar-refractivity contribution in [2.75, 3.05) is 18.9 Å². The molecule has 0 aliphatic heterocycles. The number of likely N-dealkylation sites (N-methyl/N-ethyl adjacent to an activating group) is 1. The van der Waals surface area contributed by atoms with Crippen molar-refractivity contribution in [1.82, 2.24) is 0 Å². The second-order valence-corrected chi connectivity index (χ2v) is 5.93. The van der Waals surface area contributed by atoms with Gasteiger partial charge in [-0.15, -0.1) is 0 Å². The fraction of sp³-hybridized carbons (Fsp3) is 0.235. The van der Waals surface area contributed by atoms with Gasteiger partial charge in [0.1, 0.15) is 6.54 Å². The summed E-state index contributed by atoms with van der Waals surface area (Å²) in [7, 11) is 1.84. The number of nitrogens with one attached hydrogen (secondary N) is 2. The van der Waals surface area contributed by atoms with Gasteiger partial charge in [-0.05, 0) is 30.3 Å². The monoisotopic (exact) mass is 357 g/mol. The van der Waals surface area contributed by atoms with Crippen LogP contribution in [0.5, 0.6) is 0 Å². The van der Waals surface area contributed by atoms with Gasteiger partial charge >= 0.3 is 6.18 Å². The molecular formula is C17H17ClF3N2O+. The molecule has 0 fully saturated rings. The summed E-state index contributed by atoms with van der Waals surface area (Å²) in [6, 6.07) is 11.7. The normalized spacial score (nSPS) is 12.7. The van der Waals surface area contributed by atoms with E-state index in [4.69, 9.17) is 11.6 Å². The molecule has 0 heterocycles. The fourth-order valence-electron chi connectivity index (χ4n) is 2.25. The maximum Gasteiger partial charge on any atom is 0.416 e. The summed E-state index contributed by atoms with van der Waals surface area (Å²) < 4.78 is 37.5. The average molecular weight is 358 g/mol. The van der Waals surface area contributed by atoms with E-state index in [2.05, 4.69) is 5.32 Å². The molecule has 2 rings (SSSR count). The molecule has 0 bridgehead atoms. The molecule has 7 heteroatoms. The summed E-state index contributed by atoms with van der Waals surface area (Å²) in [4.78, 5) is 12.9. The van der Waals surface area contributed by atoms with Crippen LogP contribution in [0, 0.1) is 0 Å². The van der Waals surface area contributed by atoms with Gasteiger partial charge in [0, 0.05) is 16.3 Å². The molecule has 0 aliphatic rings. The van der Waals surface area contributed by atoms with Crippen LogP contribution in [0.25, 0.3) is 0 Å². The Morgan fingerprint density at radius 2 is 1.75 bits per heavy atom. The van der Waals surface area contributed by atoms with Gasteiger partial charge in [-0.1, -0.05) is 29.8 Å². The third kappa shape index (κ3) is 5.25. The topological polar surface area (TPSA) is 33.5 Å². The molecule has 0 aromatic heterocycles. The molecule has 1 amide bonds. The highest BCUT2D eigenvalue weighted by atomic mass is 35.5. The van der Waals surface area contributed by atoms with Gasteiger partial charge in [0.2, 0.25) is 0 Å². The number of hydrogen-bond donors (Lipinski definition) is 2. The minimum atomic E-state index is -4.39. The summed E-state index contributed by atoms with van der Waals surface area (Å²) in [5.41, 5.74) is 0.513. The van der Waals surface area contributed by atoms with E-state index >= 15 is 0 Å². The highest BCUT2D eigenvalue weighted by molar-refractivity contribution is 6.31. The van der Waals surface area contributed by atoms with Crippen LogP contribution in [0.3, 0.4) is 0 Å². The maximum atomic E-state index is 12.5. The third-order valence-electron chi connectivity index (χ3n) is 3.41. The van der Waals surface area contributed by atoms with Crippen molar-refractivity contribution in [2.24, 2.45) is 0 Å². The van der Waals surface area contributed by atoms with Gasteiger partial charge in [-0.2, -0.15) is 13.2 Å². The first kappa shape index (κ1) is 18.3. The lowest BCUT2D eigenvalue weighted by Crippen LogP contribution is -3.08. The van der Waals surface area contributed by atoms with Crippen LogP contribution in [0.1, 0.15) is 11.1 Å². The largest absolute Gasteiger partial charge is 0.416 e. The molecule has 2 N–H and O–H groups in total. The molecule has 0 saturated carbocycles. The van der Waals surface area contributed by atoms with Crippen LogP contribution in [-0.2, 0) is 17.5 Å². The summed E-state index contributed by atoms with van der Waals surface area (Å²) in [6.07, 6.45) is -4.39. The maximum absolute atomic E-state index is 12.5. The number of benzene rings is 2. The number of carbonyl (C=O) groups is 1. The second kappa shape index (κ2) is 7.68. The first-order chi connectivity index (χ1) is 11.3. The molecular weight excluding hydrogens is 341 g/mol. The highest BCUT2D eigenvalue weighted by Gasteiger charge is 2.30. The van der Waals surface area contributed by atoms with Crippen LogP contribution in [0.4, 0.5) is 18.9 Å². The van der Waals surface area contributed by atoms with E-state index in [9.17, 15) is 18.0 Å². The van der Waals surface area contributed by atoms with E-state index in [0.717, 1.165) is 22.6 Å². The summed E-state index contributed by atoms with van der Waals surface area (Å²) in [5, 5.41) is 3.23. The first-order valence-corrected chi connectivity index (χ1v) is 7.65. The van der Waals surface area contributed by atoms with Gasteiger partial charge in [-0.25, -0.2) is 0 Å². The molecule has 24 heavy (non-hydrogen) atoms. The van der Waals surface area contributed by atoms with Gasteiger partial charge in [0.25, 0.3) is 5.91 Å². The van der Waals surface area contributed by atoms with Crippen LogP contribution in [0.15, 0.2) is 48.5 Å². The molecule has 3 nitrogen and oxygen atoms in total. The van der Waals surface area contributed by atoms with E-state index < -0.39 is 11.7 Å². The quantitative estimate of drug-likeness (QED) is 0.847. The molecule has 2 aromatic rings. The Kier molecular flexibility index (Phi) is 5.85. The predicted octanol–water partition coefficient (Wildman–Crippen LogP) is 3.01. The zero-order valence-electron chi connectivity index (χ0n) is 13.0. The number of alkyl halides is 3. The Morgan fingerprint density at radius 3 is 2.33 bits per heavy atom. The van der Waals surface area contributed by atoms with Gasteiger partial charge < -0.3 is 10.2 Å². The molecule has 0 spiro atoms. The summed E-state index contributed by atoms with van der Waals surface area (Å²) in [6.45, 7) is 0.742. The van der Waals surface area contributed by atoms with Crippen molar-refractivity contribution < 1.29 is 22.9 Å². The van der Waals surface area contributed by atoms with Crippen molar-refractivity contribution >= 4 is 23.2 Å². The van der Waals surface area contributed by atoms with Crippen LogP contribution >= 0.6 is 11.6 Å². The Bertz CT molecular complexity index is 702. The molecule has 1 unspecified atom stereocenters. The van der Waals surface area contributed by atoms with E-state index in [1.165, 1.54) is 12.1 Å². The number of quaternary nitrogens is 1. The van der Waals surface area contributed by atoms with Crippen molar-refractivity contribution in [3.63, 3.8) is 0 Å². The van der Waals surface area contributed by atoms with Crippen LogP contribution < -0.4 is 10.2 Å². The lowest BCUT2D eigenvalue weighted by molar-refractivity contribution is -0.885. The standard InChI is InChI=1S/C17H16ClF3N2O/c1-23(10-12-4-2-3-5-15(12)18)11-16(24)22-14-8-6-13(7-9-14)17(19,20)21/h2-9H,10-11H2,1H3,(H,22,24)/p+1. The summed E-state index contributed by atoms with van der Waals surface area (Å²) in [5.74, 6) is -0.278. The Morgan fingerprint density at radius 1 is 1.12 bits per heavy atom.